The molecule has 0 amide bonds. The highest BCUT2D eigenvalue weighted by atomic mass is 16.6. The highest BCUT2D eigenvalue weighted by Gasteiger charge is 2.15. The minimum Gasteiger partial charge on any atom is -0.470 e. The summed E-state index contributed by atoms with van der Waals surface area (Å²) >= 11 is 0. The molecule has 1 aliphatic heterocycles. The molecule has 0 aromatic carbocycles. The van der Waals surface area contributed by atoms with Gasteiger partial charge in [-0.15, -0.1) is 0 Å². The van der Waals surface area contributed by atoms with Gasteiger partial charge in [-0.05, 0) is 5.92 Å². The molecule has 4 heteroatoms. The summed E-state index contributed by atoms with van der Waals surface area (Å²) in [7, 11) is 0. The molecule has 0 saturated carbocycles. The van der Waals surface area contributed by atoms with Crippen molar-refractivity contribution in [2.24, 2.45) is 0 Å². The maximum absolute atomic E-state index is 5.32. The molecule has 2 rings (SSSR count). The maximum Gasteiger partial charge on any atom is 0.278 e. The van der Waals surface area contributed by atoms with E-state index in [2.05, 4.69) is 23.8 Å². The van der Waals surface area contributed by atoms with E-state index in [4.69, 9.17) is 9.47 Å². The first-order valence-electron chi connectivity index (χ1n) is 4.40. The predicted molar refractivity (Wildman–Crippen MR) is 47.1 cm³/mol. The van der Waals surface area contributed by atoms with Crippen LogP contribution < -0.4 is 9.47 Å². The van der Waals surface area contributed by atoms with Crippen molar-refractivity contribution in [1.82, 2.24) is 9.97 Å². The summed E-state index contributed by atoms with van der Waals surface area (Å²) in [4.78, 5) is 8.43. The Bertz CT molecular complexity index is 312. The second kappa shape index (κ2) is 3.20. The molecule has 0 spiro atoms. The Hall–Kier alpha value is -1.32. The van der Waals surface area contributed by atoms with E-state index in [0.717, 1.165) is 5.69 Å². The van der Waals surface area contributed by atoms with Crippen LogP contribution in [0, 0.1) is 0 Å². The molecule has 0 aliphatic carbocycles. The summed E-state index contributed by atoms with van der Waals surface area (Å²) in [6.07, 6.45) is 1.73. The zero-order valence-corrected chi connectivity index (χ0v) is 7.78. The smallest absolute Gasteiger partial charge is 0.278 e. The summed E-state index contributed by atoms with van der Waals surface area (Å²) in [6.45, 7) is 5.26. The normalized spacial score (nSPS) is 14.7. The Kier molecular flexibility index (Phi) is 2.04. The average molecular weight is 180 g/mol. The van der Waals surface area contributed by atoms with Crippen LogP contribution in [0.1, 0.15) is 25.5 Å². The monoisotopic (exact) mass is 180 g/mol. The van der Waals surface area contributed by atoms with Gasteiger partial charge < -0.3 is 9.47 Å². The van der Waals surface area contributed by atoms with E-state index in [9.17, 15) is 0 Å². The van der Waals surface area contributed by atoms with E-state index in [-0.39, 0.29) is 0 Å². The van der Waals surface area contributed by atoms with Crippen molar-refractivity contribution in [2.75, 3.05) is 13.2 Å². The lowest BCUT2D eigenvalue weighted by molar-refractivity contribution is 0.156. The third-order valence-electron chi connectivity index (χ3n) is 1.88. The SMILES string of the molecule is CC(C)c1cnc2c(n1)OCCO2. The Morgan fingerprint density at radius 3 is 2.62 bits per heavy atom. The lowest BCUT2D eigenvalue weighted by Gasteiger charge is -2.16. The third-order valence-corrected chi connectivity index (χ3v) is 1.88. The third kappa shape index (κ3) is 1.56. The molecule has 1 aromatic rings. The van der Waals surface area contributed by atoms with Gasteiger partial charge in [0.25, 0.3) is 11.8 Å². The van der Waals surface area contributed by atoms with Crippen LogP contribution in [0.2, 0.25) is 0 Å². The van der Waals surface area contributed by atoms with E-state index in [1.165, 1.54) is 0 Å². The number of fused-ring (bicyclic) bond motifs is 1. The molecule has 0 radical (unpaired) electrons. The predicted octanol–water partition coefficient (Wildman–Crippen LogP) is 1.37. The summed E-state index contributed by atoms with van der Waals surface area (Å²) in [5.41, 5.74) is 0.934. The van der Waals surface area contributed by atoms with E-state index >= 15 is 0 Å². The van der Waals surface area contributed by atoms with Crippen LogP contribution in [0.5, 0.6) is 11.8 Å². The highest BCUT2D eigenvalue weighted by Crippen LogP contribution is 2.26. The van der Waals surface area contributed by atoms with Crippen molar-refractivity contribution < 1.29 is 9.47 Å². The number of hydrogen-bond acceptors (Lipinski definition) is 4. The molecule has 0 unspecified atom stereocenters. The molecule has 2 heterocycles. The molecule has 0 N–H and O–H groups in total. The molecule has 0 fully saturated rings. The first-order valence-corrected chi connectivity index (χ1v) is 4.40. The number of hydrogen-bond donors (Lipinski definition) is 0. The fourth-order valence-corrected chi connectivity index (χ4v) is 1.12. The molecule has 4 nitrogen and oxygen atoms in total. The van der Waals surface area contributed by atoms with Crippen LogP contribution in [-0.2, 0) is 0 Å². The quantitative estimate of drug-likeness (QED) is 0.654. The summed E-state index contributed by atoms with van der Waals surface area (Å²) in [5, 5.41) is 0. The van der Waals surface area contributed by atoms with Crippen molar-refractivity contribution in [1.29, 1.82) is 0 Å². The van der Waals surface area contributed by atoms with Crippen molar-refractivity contribution in [3.8, 4) is 11.8 Å². The van der Waals surface area contributed by atoms with E-state index in [1.54, 1.807) is 6.20 Å². The van der Waals surface area contributed by atoms with Crippen molar-refractivity contribution >= 4 is 0 Å². The van der Waals surface area contributed by atoms with Gasteiger partial charge in [0.1, 0.15) is 13.2 Å². The Labute approximate surface area is 76.9 Å². The summed E-state index contributed by atoms with van der Waals surface area (Å²) in [6, 6.07) is 0. The molecular formula is C9H12N2O2. The van der Waals surface area contributed by atoms with Gasteiger partial charge in [0.05, 0.1) is 11.9 Å². The fraction of sp³-hybridized carbons (Fsp3) is 0.556. The Morgan fingerprint density at radius 1 is 1.23 bits per heavy atom. The van der Waals surface area contributed by atoms with Gasteiger partial charge in [-0.25, -0.2) is 9.97 Å². The van der Waals surface area contributed by atoms with Crippen molar-refractivity contribution in [3.05, 3.63) is 11.9 Å². The van der Waals surface area contributed by atoms with Crippen LogP contribution >= 0.6 is 0 Å². The van der Waals surface area contributed by atoms with Gasteiger partial charge in [-0.3, -0.25) is 0 Å². The first kappa shape index (κ1) is 8.29. The number of aromatic nitrogens is 2. The Morgan fingerprint density at radius 2 is 1.92 bits per heavy atom. The lowest BCUT2D eigenvalue weighted by Crippen LogP contribution is -2.18. The molecule has 0 saturated heterocycles. The molecule has 0 atom stereocenters. The molecule has 1 aromatic heterocycles. The zero-order valence-electron chi connectivity index (χ0n) is 7.78. The van der Waals surface area contributed by atoms with Crippen molar-refractivity contribution in [3.63, 3.8) is 0 Å². The van der Waals surface area contributed by atoms with E-state index in [0.29, 0.717) is 30.9 Å². The lowest BCUT2D eigenvalue weighted by atomic mass is 10.1. The van der Waals surface area contributed by atoms with Crippen LogP contribution in [0.25, 0.3) is 0 Å². The number of nitrogens with zero attached hydrogens (tertiary/aromatic N) is 2. The van der Waals surface area contributed by atoms with E-state index < -0.39 is 0 Å². The molecular weight excluding hydrogens is 168 g/mol. The van der Waals surface area contributed by atoms with Crippen LogP contribution in [0.15, 0.2) is 6.20 Å². The van der Waals surface area contributed by atoms with Gasteiger partial charge >= 0.3 is 0 Å². The largest absolute Gasteiger partial charge is 0.470 e. The van der Waals surface area contributed by atoms with Gasteiger partial charge in [-0.2, -0.15) is 0 Å². The standard InChI is InChI=1S/C9H12N2O2/c1-6(2)7-5-10-8-9(11-7)13-4-3-12-8/h5-6H,3-4H2,1-2H3. The fourth-order valence-electron chi connectivity index (χ4n) is 1.12. The summed E-state index contributed by atoms with van der Waals surface area (Å²) < 4.78 is 10.6. The van der Waals surface area contributed by atoms with E-state index in [1.807, 2.05) is 0 Å². The first-order chi connectivity index (χ1) is 6.27. The zero-order chi connectivity index (χ0) is 9.26. The van der Waals surface area contributed by atoms with Crippen LogP contribution in [0.3, 0.4) is 0 Å². The average Bonchev–Trinajstić information content (AvgIpc) is 2.17. The summed E-state index contributed by atoms with van der Waals surface area (Å²) in [5.74, 6) is 1.40. The maximum atomic E-state index is 5.32. The van der Waals surface area contributed by atoms with Gasteiger partial charge in [0.2, 0.25) is 0 Å². The molecule has 13 heavy (non-hydrogen) atoms. The van der Waals surface area contributed by atoms with Crippen LogP contribution in [0.4, 0.5) is 0 Å². The van der Waals surface area contributed by atoms with Crippen molar-refractivity contribution in [2.45, 2.75) is 19.8 Å². The topological polar surface area (TPSA) is 44.2 Å². The molecule has 70 valence electrons. The van der Waals surface area contributed by atoms with Gasteiger partial charge in [0, 0.05) is 0 Å². The Balaban J connectivity index is 2.35. The van der Waals surface area contributed by atoms with Crippen LogP contribution in [-0.4, -0.2) is 23.2 Å². The second-order valence-electron chi connectivity index (χ2n) is 3.26. The number of ether oxygens (including phenoxy) is 2. The number of rotatable bonds is 1. The highest BCUT2D eigenvalue weighted by molar-refractivity contribution is 5.28. The van der Waals surface area contributed by atoms with Gasteiger partial charge in [-0.1, -0.05) is 13.8 Å². The van der Waals surface area contributed by atoms with Gasteiger partial charge in [0.15, 0.2) is 0 Å². The minimum atomic E-state index is 0.364. The minimum absolute atomic E-state index is 0.364. The molecule has 0 bridgehead atoms. The second-order valence-corrected chi connectivity index (χ2v) is 3.26. The molecule has 1 aliphatic rings.